The van der Waals surface area contributed by atoms with Crippen molar-refractivity contribution < 1.29 is 9.85 Å². The molecule has 2 rings (SSSR count). The molecule has 0 bridgehead atoms. The number of benzene rings is 2. The molecule has 0 spiro atoms. The summed E-state index contributed by atoms with van der Waals surface area (Å²) in [6.45, 7) is 5.77. The van der Waals surface area contributed by atoms with Crippen LogP contribution in [0.25, 0.3) is 0 Å². The van der Waals surface area contributed by atoms with Gasteiger partial charge in [0.2, 0.25) is 0 Å². The molecule has 0 aliphatic heterocycles. The van der Waals surface area contributed by atoms with Gasteiger partial charge in [0.1, 0.15) is 0 Å². The second-order valence-electron chi connectivity index (χ2n) is 4.57. The van der Waals surface area contributed by atoms with E-state index in [1.54, 1.807) is 0 Å². The molecule has 110 valence electrons. The summed E-state index contributed by atoms with van der Waals surface area (Å²) in [7, 11) is 0. The van der Waals surface area contributed by atoms with Crippen molar-refractivity contribution in [2.45, 2.75) is 20.8 Å². The Hall–Kier alpha value is -2.76. The Labute approximate surface area is 122 Å². The van der Waals surface area contributed by atoms with Gasteiger partial charge in [-0.2, -0.15) is 0 Å². The van der Waals surface area contributed by atoms with Gasteiger partial charge in [-0.25, -0.2) is 0 Å². The van der Waals surface area contributed by atoms with E-state index in [2.05, 4.69) is 38.1 Å². The van der Waals surface area contributed by atoms with E-state index in [-0.39, 0.29) is 11.4 Å². The number of nitro groups is 2. The lowest BCUT2D eigenvalue weighted by Crippen LogP contribution is -1.94. The van der Waals surface area contributed by atoms with Crippen LogP contribution >= 0.6 is 0 Å². The SMILES string of the molecule is Cc1ccc([N+](=O)[O-])cc1[N+](=O)[O-].Cc1ccccc1C. The molecule has 0 saturated carbocycles. The Kier molecular flexibility index (Phi) is 5.54. The van der Waals surface area contributed by atoms with Crippen LogP contribution in [-0.4, -0.2) is 9.85 Å². The molecule has 0 radical (unpaired) electrons. The molecule has 21 heavy (non-hydrogen) atoms. The van der Waals surface area contributed by atoms with Crippen molar-refractivity contribution in [2.24, 2.45) is 0 Å². The number of hydrogen-bond donors (Lipinski definition) is 0. The number of nitro benzene ring substituents is 2. The fourth-order valence-electron chi connectivity index (χ4n) is 1.57. The van der Waals surface area contributed by atoms with Gasteiger partial charge >= 0.3 is 0 Å². The molecule has 0 fully saturated rings. The second-order valence-corrected chi connectivity index (χ2v) is 4.57. The monoisotopic (exact) mass is 288 g/mol. The van der Waals surface area contributed by atoms with Gasteiger partial charge in [0.15, 0.2) is 0 Å². The predicted octanol–water partition coefficient (Wildman–Crippen LogP) is 4.11. The third-order valence-electron chi connectivity index (χ3n) is 3.03. The summed E-state index contributed by atoms with van der Waals surface area (Å²) in [6.07, 6.45) is 0. The molecule has 0 atom stereocenters. The maximum atomic E-state index is 10.4. The van der Waals surface area contributed by atoms with Gasteiger partial charge in [-0.05, 0) is 38.0 Å². The quantitative estimate of drug-likeness (QED) is 0.614. The Morgan fingerprint density at radius 3 is 1.67 bits per heavy atom. The van der Waals surface area contributed by atoms with E-state index in [9.17, 15) is 20.2 Å². The normalized spacial score (nSPS) is 9.48. The van der Waals surface area contributed by atoms with Crippen molar-refractivity contribution >= 4 is 11.4 Å². The summed E-state index contributed by atoms with van der Waals surface area (Å²) in [5.74, 6) is 0. The summed E-state index contributed by atoms with van der Waals surface area (Å²) in [4.78, 5) is 19.4. The zero-order valence-corrected chi connectivity index (χ0v) is 12.1. The van der Waals surface area contributed by atoms with Crippen LogP contribution in [0.2, 0.25) is 0 Å². The van der Waals surface area contributed by atoms with Gasteiger partial charge in [0.05, 0.1) is 15.9 Å². The minimum atomic E-state index is -0.660. The van der Waals surface area contributed by atoms with Gasteiger partial charge in [0, 0.05) is 11.6 Å². The van der Waals surface area contributed by atoms with E-state index >= 15 is 0 Å². The third-order valence-corrected chi connectivity index (χ3v) is 3.03. The molecule has 6 heteroatoms. The van der Waals surface area contributed by atoms with Crippen molar-refractivity contribution in [3.63, 3.8) is 0 Å². The first-order valence-electron chi connectivity index (χ1n) is 6.24. The minimum absolute atomic E-state index is 0.228. The molecule has 0 N–H and O–H groups in total. The molecule has 0 amide bonds. The highest BCUT2D eigenvalue weighted by Crippen LogP contribution is 2.23. The van der Waals surface area contributed by atoms with Crippen molar-refractivity contribution in [1.82, 2.24) is 0 Å². The van der Waals surface area contributed by atoms with E-state index in [0.29, 0.717) is 5.56 Å². The summed E-state index contributed by atoms with van der Waals surface area (Å²) < 4.78 is 0. The van der Waals surface area contributed by atoms with E-state index in [4.69, 9.17) is 0 Å². The maximum Gasteiger partial charge on any atom is 0.279 e. The summed E-state index contributed by atoms with van der Waals surface area (Å²) in [5, 5.41) is 20.6. The Morgan fingerprint density at radius 1 is 0.762 bits per heavy atom. The first-order valence-corrected chi connectivity index (χ1v) is 6.24. The van der Waals surface area contributed by atoms with Crippen LogP contribution in [0, 0.1) is 41.0 Å². The molecular weight excluding hydrogens is 272 g/mol. The molecule has 0 aliphatic carbocycles. The lowest BCUT2D eigenvalue weighted by atomic mass is 10.1. The third kappa shape index (κ3) is 4.68. The number of hydrogen-bond acceptors (Lipinski definition) is 4. The highest BCUT2D eigenvalue weighted by molar-refractivity contribution is 5.48. The fourth-order valence-corrected chi connectivity index (χ4v) is 1.57. The highest BCUT2D eigenvalue weighted by Gasteiger charge is 2.15. The number of nitrogens with zero attached hydrogens (tertiary/aromatic N) is 2. The summed E-state index contributed by atoms with van der Waals surface area (Å²) in [5.41, 5.74) is 2.65. The zero-order chi connectivity index (χ0) is 16.0. The van der Waals surface area contributed by atoms with Crippen molar-refractivity contribution in [3.8, 4) is 0 Å². The molecule has 2 aromatic rings. The molecule has 0 aliphatic rings. The fraction of sp³-hybridized carbons (Fsp3) is 0.200. The number of rotatable bonds is 2. The van der Waals surface area contributed by atoms with Crippen LogP contribution in [0.15, 0.2) is 42.5 Å². The Bertz CT molecular complexity index is 647. The van der Waals surface area contributed by atoms with Gasteiger partial charge in [-0.3, -0.25) is 20.2 Å². The number of aryl methyl sites for hydroxylation is 3. The topological polar surface area (TPSA) is 86.3 Å². The standard InChI is InChI=1S/C8H10.C7H6N2O4/c1-7-5-3-4-6-8(7)2;1-5-2-3-6(8(10)11)4-7(5)9(12)13/h3-6H,1-2H3;2-4H,1H3. The largest absolute Gasteiger partial charge is 0.279 e. The van der Waals surface area contributed by atoms with E-state index < -0.39 is 9.85 Å². The average molecular weight is 288 g/mol. The highest BCUT2D eigenvalue weighted by atomic mass is 16.6. The first-order chi connectivity index (χ1) is 9.82. The smallest absolute Gasteiger partial charge is 0.258 e. The van der Waals surface area contributed by atoms with Crippen LogP contribution in [0.5, 0.6) is 0 Å². The number of non-ortho nitro benzene ring substituents is 1. The first kappa shape index (κ1) is 16.3. The van der Waals surface area contributed by atoms with Crippen LogP contribution in [0.3, 0.4) is 0 Å². The van der Waals surface area contributed by atoms with Gasteiger partial charge < -0.3 is 0 Å². The lowest BCUT2D eigenvalue weighted by Gasteiger charge is -1.95. The van der Waals surface area contributed by atoms with E-state index in [0.717, 1.165) is 6.07 Å². The van der Waals surface area contributed by atoms with E-state index in [1.807, 2.05) is 0 Å². The van der Waals surface area contributed by atoms with E-state index in [1.165, 1.54) is 30.2 Å². The van der Waals surface area contributed by atoms with Crippen LogP contribution in [0.1, 0.15) is 16.7 Å². The molecule has 6 nitrogen and oxygen atoms in total. The Morgan fingerprint density at radius 2 is 1.29 bits per heavy atom. The predicted molar refractivity (Wildman–Crippen MR) is 80.4 cm³/mol. The molecule has 0 heterocycles. The average Bonchev–Trinajstić information content (AvgIpc) is 2.43. The van der Waals surface area contributed by atoms with Crippen LogP contribution in [0.4, 0.5) is 11.4 Å². The zero-order valence-electron chi connectivity index (χ0n) is 12.1. The molecule has 0 saturated heterocycles. The van der Waals surface area contributed by atoms with Crippen molar-refractivity contribution in [2.75, 3.05) is 0 Å². The molecular formula is C15H16N2O4. The maximum absolute atomic E-state index is 10.4. The van der Waals surface area contributed by atoms with Crippen molar-refractivity contribution in [1.29, 1.82) is 0 Å². The van der Waals surface area contributed by atoms with Gasteiger partial charge in [-0.15, -0.1) is 0 Å². The minimum Gasteiger partial charge on any atom is -0.258 e. The van der Waals surface area contributed by atoms with Crippen molar-refractivity contribution in [3.05, 3.63) is 79.4 Å². The van der Waals surface area contributed by atoms with Gasteiger partial charge in [0.25, 0.3) is 11.4 Å². The molecule has 0 unspecified atom stereocenters. The molecule has 2 aromatic carbocycles. The summed E-state index contributed by atoms with van der Waals surface area (Å²) >= 11 is 0. The van der Waals surface area contributed by atoms with Gasteiger partial charge in [-0.1, -0.05) is 24.3 Å². The summed E-state index contributed by atoms with van der Waals surface area (Å²) in [6, 6.07) is 11.9. The second kappa shape index (κ2) is 7.14. The molecule has 0 aromatic heterocycles. The van der Waals surface area contributed by atoms with Crippen LogP contribution < -0.4 is 0 Å². The lowest BCUT2D eigenvalue weighted by molar-refractivity contribution is -0.394. The Balaban J connectivity index is 0.000000235. The van der Waals surface area contributed by atoms with Crippen LogP contribution in [-0.2, 0) is 0 Å².